The maximum absolute atomic E-state index is 12.2. The number of furan rings is 1. The van der Waals surface area contributed by atoms with E-state index in [4.69, 9.17) is 16.0 Å². The monoisotopic (exact) mass is 295 g/mol. The molecule has 100 valence electrons. The molecule has 0 bridgehead atoms. The van der Waals surface area contributed by atoms with Gasteiger partial charge in [0, 0.05) is 6.04 Å². The lowest BCUT2D eigenvalue weighted by atomic mass is 10.2. The molecule has 5 heteroatoms. The molecule has 0 aliphatic heterocycles. The molecule has 1 saturated carbocycles. The summed E-state index contributed by atoms with van der Waals surface area (Å²) in [5, 5.41) is 0. The summed E-state index contributed by atoms with van der Waals surface area (Å²) in [6, 6.07) is 7.91. The third-order valence-corrected chi connectivity index (χ3v) is 4.47. The van der Waals surface area contributed by atoms with Crippen LogP contribution in [0, 0.1) is 0 Å². The number of halogens is 1. The van der Waals surface area contributed by atoms with Gasteiger partial charge in [0.05, 0.1) is 28.6 Å². The van der Waals surface area contributed by atoms with Gasteiger partial charge in [-0.25, -0.2) is 0 Å². The first kappa shape index (κ1) is 12.9. The molecular weight excluding hydrogens is 282 g/mol. The fourth-order valence-electron chi connectivity index (χ4n) is 2.08. The van der Waals surface area contributed by atoms with E-state index < -0.39 is 0 Å². The van der Waals surface area contributed by atoms with Crippen LogP contribution in [0.1, 0.15) is 28.3 Å². The van der Waals surface area contributed by atoms with Crippen molar-refractivity contribution in [2.45, 2.75) is 25.4 Å². The molecule has 1 aliphatic carbocycles. The zero-order valence-corrected chi connectivity index (χ0v) is 11.9. The highest BCUT2D eigenvalue weighted by molar-refractivity contribution is 7.18. The number of Topliss-reactive ketones (excluding diaryl/α,β-unsaturated/α-hetero) is 1. The van der Waals surface area contributed by atoms with Crippen molar-refractivity contribution in [3.05, 3.63) is 45.5 Å². The molecule has 2 aromatic rings. The molecule has 2 heterocycles. The van der Waals surface area contributed by atoms with Crippen molar-refractivity contribution in [2.24, 2.45) is 0 Å². The zero-order chi connectivity index (χ0) is 13.2. The fourth-order valence-corrected chi connectivity index (χ4v) is 3.06. The SMILES string of the molecule is O=C(CN(Cc1ccco1)C1CC1)c1ccc(Cl)s1. The number of hydrogen-bond donors (Lipinski definition) is 0. The van der Waals surface area contributed by atoms with Crippen LogP contribution in [0.2, 0.25) is 4.34 Å². The minimum absolute atomic E-state index is 0.135. The average molecular weight is 296 g/mol. The molecule has 0 saturated heterocycles. The highest BCUT2D eigenvalue weighted by Gasteiger charge is 2.31. The van der Waals surface area contributed by atoms with Gasteiger partial charge >= 0.3 is 0 Å². The van der Waals surface area contributed by atoms with Crippen LogP contribution in [0.15, 0.2) is 34.9 Å². The lowest BCUT2D eigenvalue weighted by Gasteiger charge is -2.19. The van der Waals surface area contributed by atoms with E-state index in [9.17, 15) is 4.79 Å². The van der Waals surface area contributed by atoms with Crippen molar-refractivity contribution in [3.63, 3.8) is 0 Å². The Kier molecular flexibility index (Phi) is 3.73. The van der Waals surface area contributed by atoms with Gasteiger partial charge in [-0.2, -0.15) is 0 Å². The van der Waals surface area contributed by atoms with E-state index in [1.165, 1.54) is 24.2 Å². The summed E-state index contributed by atoms with van der Waals surface area (Å²) in [4.78, 5) is 15.1. The summed E-state index contributed by atoms with van der Waals surface area (Å²) in [5.41, 5.74) is 0. The minimum atomic E-state index is 0.135. The van der Waals surface area contributed by atoms with Gasteiger partial charge in [0.15, 0.2) is 5.78 Å². The van der Waals surface area contributed by atoms with Crippen LogP contribution in [0.5, 0.6) is 0 Å². The van der Waals surface area contributed by atoms with E-state index in [0.717, 1.165) is 10.6 Å². The molecule has 0 amide bonds. The lowest BCUT2D eigenvalue weighted by Crippen LogP contribution is -2.31. The highest BCUT2D eigenvalue weighted by atomic mass is 35.5. The van der Waals surface area contributed by atoms with Crippen LogP contribution in [0.4, 0.5) is 0 Å². The fraction of sp³-hybridized carbons (Fsp3) is 0.357. The number of nitrogens with zero attached hydrogens (tertiary/aromatic N) is 1. The van der Waals surface area contributed by atoms with Gasteiger partial charge in [-0.3, -0.25) is 9.69 Å². The topological polar surface area (TPSA) is 33.5 Å². The van der Waals surface area contributed by atoms with Crippen LogP contribution in [-0.4, -0.2) is 23.3 Å². The summed E-state index contributed by atoms with van der Waals surface area (Å²) >= 11 is 7.21. The Morgan fingerprint density at radius 1 is 1.42 bits per heavy atom. The van der Waals surface area contributed by atoms with Crippen LogP contribution < -0.4 is 0 Å². The summed E-state index contributed by atoms with van der Waals surface area (Å²) in [7, 11) is 0. The third kappa shape index (κ3) is 3.26. The van der Waals surface area contributed by atoms with Gasteiger partial charge in [-0.1, -0.05) is 11.6 Å². The predicted octanol–water partition coefficient (Wildman–Crippen LogP) is 3.84. The first-order valence-corrected chi connectivity index (χ1v) is 7.47. The molecule has 0 aromatic carbocycles. The zero-order valence-electron chi connectivity index (χ0n) is 10.3. The van der Waals surface area contributed by atoms with E-state index >= 15 is 0 Å². The van der Waals surface area contributed by atoms with Crippen LogP contribution in [0.3, 0.4) is 0 Å². The van der Waals surface area contributed by atoms with Gasteiger partial charge in [-0.15, -0.1) is 11.3 Å². The van der Waals surface area contributed by atoms with Gasteiger partial charge in [0.2, 0.25) is 0 Å². The van der Waals surface area contributed by atoms with E-state index in [1.807, 2.05) is 12.1 Å². The molecule has 0 spiro atoms. The number of ketones is 1. The Morgan fingerprint density at radius 3 is 2.84 bits per heavy atom. The largest absolute Gasteiger partial charge is 0.468 e. The second kappa shape index (κ2) is 5.49. The van der Waals surface area contributed by atoms with Crippen molar-refractivity contribution >= 4 is 28.7 Å². The van der Waals surface area contributed by atoms with Gasteiger partial charge in [-0.05, 0) is 37.1 Å². The normalized spacial score (nSPS) is 15.1. The summed E-state index contributed by atoms with van der Waals surface area (Å²) < 4.78 is 6.02. The van der Waals surface area contributed by atoms with E-state index in [0.29, 0.717) is 23.5 Å². The quantitative estimate of drug-likeness (QED) is 0.759. The van der Waals surface area contributed by atoms with Crippen molar-refractivity contribution in [2.75, 3.05) is 6.54 Å². The number of hydrogen-bond acceptors (Lipinski definition) is 4. The van der Waals surface area contributed by atoms with Crippen LogP contribution in [-0.2, 0) is 6.54 Å². The average Bonchev–Trinajstić information content (AvgIpc) is 2.94. The van der Waals surface area contributed by atoms with Crippen molar-refractivity contribution in [1.29, 1.82) is 0 Å². The van der Waals surface area contributed by atoms with E-state index in [2.05, 4.69) is 4.90 Å². The maximum Gasteiger partial charge on any atom is 0.186 e. The minimum Gasteiger partial charge on any atom is -0.468 e. The molecule has 1 aliphatic rings. The van der Waals surface area contributed by atoms with Crippen molar-refractivity contribution in [1.82, 2.24) is 4.90 Å². The Hall–Kier alpha value is -1.10. The van der Waals surface area contributed by atoms with E-state index in [-0.39, 0.29) is 5.78 Å². The van der Waals surface area contributed by atoms with Crippen molar-refractivity contribution in [3.8, 4) is 0 Å². The highest BCUT2D eigenvalue weighted by Crippen LogP contribution is 2.29. The summed E-state index contributed by atoms with van der Waals surface area (Å²) in [6.45, 7) is 1.13. The summed E-state index contributed by atoms with van der Waals surface area (Å²) in [5.74, 6) is 1.04. The number of carbonyl (C=O) groups is 1. The Morgan fingerprint density at radius 2 is 2.26 bits per heavy atom. The molecule has 0 N–H and O–H groups in total. The molecule has 2 aromatic heterocycles. The first-order chi connectivity index (χ1) is 9.22. The molecule has 1 fully saturated rings. The number of rotatable bonds is 6. The number of carbonyl (C=O) groups excluding carboxylic acids is 1. The van der Waals surface area contributed by atoms with Gasteiger partial charge in [0.25, 0.3) is 0 Å². The smallest absolute Gasteiger partial charge is 0.186 e. The van der Waals surface area contributed by atoms with E-state index in [1.54, 1.807) is 18.4 Å². The summed E-state index contributed by atoms with van der Waals surface area (Å²) in [6.07, 6.45) is 4.00. The van der Waals surface area contributed by atoms with Gasteiger partial charge in [0.1, 0.15) is 5.76 Å². The lowest BCUT2D eigenvalue weighted by molar-refractivity contribution is 0.0917. The first-order valence-electron chi connectivity index (χ1n) is 6.27. The van der Waals surface area contributed by atoms with Crippen molar-refractivity contribution < 1.29 is 9.21 Å². The number of thiophene rings is 1. The third-order valence-electron chi connectivity index (χ3n) is 3.20. The standard InChI is InChI=1S/C14H14ClNO2S/c15-14-6-5-13(19-14)12(17)9-16(10-3-4-10)8-11-2-1-7-18-11/h1-2,5-7,10H,3-4,8-9H2. The predicted molar refractivity (Wildman–Crippen MR) is 75.8 cm³/mol. The van der Waals surface area contributed by atoms with Gasteiger partial charge < -0.3 is 4.42 Å². The molecule has 0 radical (unpaired) electrons. The second-order valence-electron chi connectivity index (χ2n) is 4.74. The maximum atomic E-state index is 12.2. The Labute approximate surface area is 120 Å². The molecular formula is C14H14ClNO2S. The molecule has 0 unspecified atom stereocenters. The Balaban J connectivity index is 1.66. The van der Waals surface area contributed by atoms with Crippen LogP contribution in [0.25, 0.3) is 0 Å². The van der Waals surface area contributed by atoms with Crippen LogP contribution >= 0.6 is 22.9 Å². The second-order valence-corrected chi connectivity index (χ2v) is 6.46. The Bertz CT molecular complexity index is 560. The molecule has 3 nitrogen and oxygen atoms in total. The molecule has 19 heavy (non-hydrogen) atoms. The molecule has 0 atom stereocenters. The molecule has 3 rings (SSSR count).